The molecule has 1 N–H and O–H groups in total. The molecule has 0 bridgehead atoms. The highest BCUT2D eigenvalue weighted by Crippen LogP contribution is 2.21. The molecule has 1 aromatic carbocycles. The lowest BCUT2D eigenvalue weighted by Crippen LogP contribution is -2.21. The van der Waals surface area contributed by atoms with E-state index < -0.39 is 17.6 Å². The highest BCUT2D eigenvalue weighted by atomic mass is 19.1. The average Bonchev–Trinajstić information content (AvgIpc) is 2.23. The van der Waals surface area contributed by atoms with Crippen LogP contribution in [-0.4, -0.2) is 18.6 Å². The first-order valence-corrected chi connectivity index (χ1v) is 5.29. The van der Waals surface area contributed by atoms with Crippen molar-refractivity contribution in [2.45, 2.75) is 26.9 Å². The molecular formula is C12H15F2NO2. The zero-order valence-electron chi connectivity index (χ0n) is 10.0. The second-order valence-electron chi connectivity index (χ2n) is 3.95. The number of carbonyl (C=O) groups excluding carboxylic acids is 1. The third-order valence-corrected chi connectivity index (χ3v) is 2.06. The van der Waals surface area contributed by atoms with Crippen molar-refractivity contribution >= 4 is 11.7 Å². The van der Waals surface area contributed by atoms with Gasteiger partial charge in [-0.3, -0.25) is 4.79 Å². The molecule has 1 aromatic rings. The van der Waals surface area contributed by atoms with Gasteiger partial charge in [-0.2, -0.15) is 0 Å². The van der Waals surface area contributed by atoms with Gasteiger partial charge in [-0.25, -0.2) is 8.78 Å². The first-order chi connectivity index (χ1) is 7.91. The van der Waals surface area contributed by atoms with Gasteiger partial charge in [0.15, 0.2) is 5.82 Å². The van der Waals surface area contributed by atoms with Crippen LogP contribution in [0, 0.1) is 18.6 Å². The predicted molar refractivity (Wildman–Crippen MR) is 60.8 cm³/mol. The van der Waals surface area contributed by atoms with E-state index in [0.29, 0.717) is 5.56 Å². The summed E-state index contributed by atoms with van der Waals surface area (Å²) in [6.45, 7) is 4.65. The van der Waals surface area contributed by atoms with E-state index in [9.17, 15) is 13.6 Å². The van der Waals surface area contributed by atoms with Gasteiger partial charge < -0.3 is 10.1 Å². The van der Waals surface area contributed by atoms with E-state index >= 15 is 0 Å². The lowest BCUT2D eigenvalue weighted by molar-refractivity contribution is -0.145. The third kappa shape index (κ3) is 3.69. The summed E-state index contributed by atoms with van der Waals surface area (Å²) in [6, 6.07) is 2.48. The molecule has 0 amide bonds. The van der Waals surface area contributed by atoms with Crippen LogP contribution in [0.25, 0.3) is 0 Å². The standard InChI is InChI=1S/C12H15F2NO2/c1-7(2)17-10(16)6-15-12-9(13)5-4-8(3)11(12)14/h4-5,7,15H,6H2,1-3H3. The number of anilines is 1. The summed E-state index contributed by atoms with van der Waals surface area (Å²) in [5.41, 5.74) is 0.0110. The number of hydrogen-bond acceptors (Lipinski definition) is 3. The van der Waals surface area contributed by atoms with E-state index in [0.717, 1.165) is 6.07 Å². The Hall–Kier alpha value is -1.65. The van der Waals surface area contributed by atoms with Gasteiger partial charge in [-0.15, -0.1) is 0 Å². The Morgan fingerprint density at radius 3 is 2.65 bits per heavy atom. The molecule has 0 heterocycles. The molecule has 0 saturated heterocycles. The van der Waals surface area contributed by atoms with Crippen molar-refractivity contribution in [2.75, 3.05) is 11.9 Å². The third-order valence-electron chi connectivity index (χ3n) is 2.06. The normalized spacial score (nSPS) is 10.5. The average molecular weight is 243 g/mol. The fraction of sp³-hybridized carbons (Fsp3) is 0.417. The first-order valence-electron chi connectivity index (χ1n) is 5.29. The van der Waals surface area contributed by atoms with Crippen LogP contribution in [0.3, 0.4) is 0 Å². The Morgan fingerprint density at radius 1 is 1.41 bits per heavy atom. The molecule has 0 radical (unpaired) electrons. The van der Waals surface area contributed by atoms with Gasteiger partial charge in [0.2, 0.25) is 0 Å². The Labute approximate surface area is 98.8 Å². The van der Waals surface area contributed by atoms with E-state index in [1.165, 1.54) is 13.0 Å². The van der Waals surface area contributed by atoms with Crippen molar-refractivity contribution < 1.29 is 18.3 Å². The fourth-order valence-electron chi connectivity index (χ4n) is 1.28. The number of esters is 1. The fourth-order valence-corrected chi connectivity index (χ4v) is 1.28. The smallest absolute Gasteiger partial charge is 0.325 e. The van der Waals surface area contributed by atoms with Gasteiger partial charge in [0.05, 0.1) is 6.10 Å². The van der Waals surface area contributed by atoms with Gasteiger partial charge in [0.25, 0.3) is 0 Å². The number of hydrogen-bond donors (Lipinski definition) is 1. The van der Waals surface area contributed by atoms with Crippen molar-refractivity contribution in [3.8, 4) is 0 Å². The molecule has 0 unspecified atom stereocenters. The van der Waals surface area contributed by atoms with Gasteiger partial charge >= 0.3 is 5.97 Å². The van der Waals surface area contributed by atoms with Crippen LogP contribution in [0.4, 0.5) is 14.5 Å². The monoisotopic (exact) mass is 243 g/mol. The Morgan fingerprint density at radius 2 is 2.06 bits per heavy atom. The minimum absolute atomic E-state index is 0.253. The minimum atomic E-state index is -0.731. The summed E-state index contributed by atoms with van der Waals surface area (Å²) in [5.74, 6) is -1.98. The highest BCUT2D eigenvalue weighted by molar-refractivity contribution is 5.75. The lowest BCUT2D eigenvalue weighted by atomic mass is 10.2. The Kier molecular flexibility index (Phi) is 4.43. The van der Waals surface area contributed by atoms with E-state index in [1.807, 2.05) is 0 Å². The van der Waals surface area contributed by atoms with Crippen molar-refractivity contribution in [1.29, 1.82) is 0 Å². The molecule has 0 aromatic heterocycles. The zero-order valence-corrected chi connectivity index (χ0v) is 10.0. The quantitative estimate of drug-likeness (QED) is 0.826. The number of ether oxygens (including phenoxy) is 1. The number of rotatable bonds is 4. The molecule has 0 fully saturated rings. The van der Waals surface area contributed by atoms with Crippen molar-refractivity contribution in [3.05, 3.63) is 29.3 Å². The molecule has 0 aliphatic heterocycles. The molecule has 0 atom stereocenters. The first kappa shape index (κ1) is 13.4. The van der Waals surface area contributed by atoms with Gasteiger partial charge in [-0.05, 0) is 32.4 Å². The van der Waals surface area contributed by atoms with Crippen LogP contribution in [-0.2, 0) is 9.53 Å². The topological polar surface area (TPSA) is 38.3 Å². The number of carbonyl (C=O) groups is 1. The summed E-state index contributed by atoms with van der Waals surface area (Å²) < 4.78 is 31.6. The molecule has 0 aliphatic carbocycles. The molecule has 3 nitrogen and oxygen atoms in total. The number of nitrogens with one attached hydrogen (secondary N) is 1. The van der Waals surface area contributed by atoms with E-state index in [-0.39, 0.29) is 18.3 Å². The SMILES string of the molecule is Cc1ccc(F)c(NCC(=O)OC(C)C)c1F. The molecule has 1 rings (SSSR count). The Balaban J connectivity index is 2.69. The summed E-state index contributed by atoms with van der Waals surface area (Å²) in [5, 5.41) is 2.40. The second-order valence-corrected chi connectivity index (χ2v) is 3.95. The molecule has 0 spiro atoms. The van der Waals surface area contributed by atoms with Crippen LogP contribution in [0.1, 0.15) is 19.4 Å². The van der Waals surface area contributed by atoms with Crippen LogP contribution in [0.5, 0.6) is 0 Å². The number of halogens is 2. The van der Waals surface area contributed by atoms with Crippen molar-refractivity contribution in [1.82, 2.24) is 0 Å². The maximum Gasteiger partial charge on any atom is 0.325 e. The van der Waals surface area contributed by atoms with E-state index in [2.05, 4.69) is 5.32 Å². The van der Waals surface area contributed by atoms with Crippen molar-refractivity contribution in [2.24, 2.45) is 0 Å². The molecular weight excluding hydrogens is 228 g/mol. The lowest BCUT2D eigenvalue weighted by Gasteiger charge is -2.11. The summed E-state index contributed by atoms with van der Waals surface area (Å²) in [6.07, 6.45) is -0.253. The van der Waals surface area contributed by atoms with E-state index in [4.69, 9.17) is 4.74 Å². The summed E-state index contributed by atoms with van der Waals surface area (Å²) in [7, 11) is 0. The van der Waals surface area contributed by atoms with E-state index in [1.54, 1.807) is 13.8 Å². The van der Waals surface area contributed by atoms with Gasteiger partial charge in [0.1, 0.15) is 18.0 Å². The van der Waals surface area contributed by atoms with Gasteiger partial charge in [0, 0.05) is 0 Å². The predicted octanol–water partition coefficient (Wildman–Crippen LogP) is 2.64. The van der Waals surface area contributed by atoms with Gasteiger partial charge in [-0.1, -0.05) is 6.07 Å². The zero-order chi connectivity index (χ0) is 13.0. The maximum atomic E-state index is 13.5. The molecule has 17 heavy (non-hydrogen) atoms. The minimum Gasteiger partial charge on any atom is -0.462 e. The molecule has 94 valence electrons. The Bertz CT molecular complexity index is 419. The van der Waals surface area contributed by atoms with Crippen LogP contribution in [0.2, 0.25) is 0 Å². The van der Waals surface area contributed by atoms with Crippen LogP contribution in [0.15, 0.2) is 12.1 Å². The number of benzene rings is 1. The second kappa shape index (κ2) is 5.61. The molecule has 5 heteroatoms. The van der Waals surface area contributed by atoms with Crippen LogP contribution >= 0.6 is 0 Å². The maximum absolute atomic E-state index is 13.5. The summed E-state index contributed by atoms with van der Waals surface area (Å²) >= 11 is 0. The number of aryl methyl sites for hydroxylation is 1. The largest absolute Gasteiger partial charge is 0.462 e. The molecule has 0 saturated carbocycles. The van der Waals surface area contributed by atoms with Crippen molar-refractivity contribution in [3.63, 3.8) is 0 Å². The molecule has 0 aliphatic rings. The highest BCUT2D eigenvalue weighted by Gasteiger charge is 2.13. The summed E-state index contributed by atoms with van der Waals surface area (Å²) in [4.78, 5) is 11.2. The van der Waals surface area contributed by atoms with Crippen LogP contribution < -0.4 is 5.32 Å².